The van der Waals surface area contributed by atoms with Gasteiger partial charge in [-0.05, 0) is 25.1 Å². The molecule has 1 N–H and O–H groups in total. The summed E-state index contributed by atoms with van der Waals surface area (Å²) in [7, 11) is 0. The monoisotopic (exact) mass is 379 g/mol. The Hall–Kier alpha value is -1.70. The molecule has 0 saturated heterocycles. The average Bonchev–Trinajstić information content (AvgIpc) is 3.05. The number of aromatic nitrogens is 1. The maximum Gasteiger partial charge on any atom is 0.260 e. The number of hydrogen-bond donors (Lipinski definition) is 1. The number of amides is 2. The molecule has 0 radical (unpaired) electrons. The molecule has 0 spiro atoms. The Balaban J connectivity index is 1.55. The zero-order valence-electron chi connectivity index (χ0n) is 12.8. The summed E-state index contributed by atoms with van der Waals surface area (Å²) in [4.78, 5) is 32.5. The van der Waals surface area contributed by atoms with E-state index in [9.17, 15) is 9.59 Å². The van der Waals surface area contributed by atoms with E-state index in [4.69, 9.17) is 11.6 Å². The third kappa shape index (κ3) is 4.43. The molecule has 2 aromatic rings. The number of carbonyl (C=O) groups excluding carboxylic acids is 2. The Kier molecular flexibility index (Phi) is 5.33. The first-order valence-corrected chi connectivity index (χ1v) is 9.38. The number of aryl methyl sites for hydroxylation is 1. The van der Waals surface area contributed by atoms with Crippen LogP contribution in [0, 0.1) is 6.92 Å². The number of thiazole rings is 1. The van der Waals surface area contributed by atoms with E-state index >= 15 is 0 Å². The van der Waals surface area contributed by atoms with Crippen LogP contribution in [-0.2, 0) is 16.0 Å². The van der Waals surface area contributed by atoms with Gasteiger partial charge in [-0.3, -0.25) is 9.59 Å². The largest absolute Gasteiger partial charge is 0.326 e. The number of nitrogens with one attached hydrogen (secondary N) is 1. The normalized spacial score (nSPS) is 17.0. The molecule has 1 atom stereocenters. The molecule has 1 aromatic heterocycles. The van der Waals surface area contributed by atoms with Crippen LogP contribution in [0.4, 0.5) is 5.69 Å². The van der Waals surface area contributed by atoms with Crippen LogP contribution < -0.4 is 5.32 Å². The number of anilines is 1. The molecule has 24 heavy (non-hydrogen) atoms. The molecule has 0 bridgehead atoms. The van der Waals surface area contributed by atoms with Crippen molar-refractivity contribution >= 4 is 57.2 Å². The van der Waals surface area contributed by atoms with E-state index < -0.39 is 5.25 Å². The number of halogens is 1. The minimum atomic E-state index is -0.472. The molecule has 0 fully saturated rings. The number of thioether (sulfide) groups is 1. The summed E-state index contributed by atoms with van der Waals surface area (Å²) in [6.45, 7) is 1.93. The quantitative estimate of drug-likeness (QED) is 0.859. The summed E-state index contributed by atoms with van der Waals surface area (Å²) < 4.78 is 0. The summed E-state index contributed by atoms with van der Waals surface area (Å²) in [6, 6.07) is 6.90. The zero-order chi connectivity index (χ0) is 17.1. The molecule has 1 aromatic carbocycles. The molecule has 8 heteroatoms. The van der Waals surface area contributed by atoms with Crippen LogP contribution in [0.1, 0.15) is 17.1 Å². The van der Waals surface area contributed by atoms with Gasteiger partial charge < -0.3 is 5.32 Å². The van der Waals surface area contributed by atoms with Crippen molar-refractivity contribution in [1.29, 1.82) is 0 Å². The number of aliphatic imine (C=N–C) groups is 1. The fourth-order valence-electron chi connectivity index (χ4n) is 2.21. The van der Waals surface area contributed by atoms with Crippen LogP contribution in [0.3, 0.4) is 0 Å². The van der Waals surface area contributed by atoms with Gasteiger partial charge in [-0.25, -0.2) is 9.98 Å². The lowest BCUT2D eigenvalue weighted by atomic mass is 10.2. The van der Waals surface area contributed by atoms with Gasteiger partial charge in [0.05, 0.1) is 10.1 Å². The minimum Gasteiger partial charge on any atom is -0.326 e. The van der Waals surface area contributed by atoms with Crippen molar-refractivity contribution in [2.24, 2.45) is 4.99 Å². The summed E-state index contributed by atoms with van der Waals surface area (Å²) in [6.07, 6.45) is 0.626. The molecule has 124 valence electrons. The average molecular weight is 380 g/mol. The van der Waals surface area contributed by atoms with Gasteiger partial charge in [0.2, 0.25) is 5.91 Å². The van der Waals surface area contributed by atoms with E-state index in [2.05, 4.69) is 15.3 Å². The molecule has 2 amide bonds. The van der Waals surface area contributed by atoms with Gasteiger partial charge in [-0.1, -0.05) is 29.4 Å². The van der Waals surface area contributed by atoms with E-state index in [-0.39, 0.29) is 18.2 Å². The van der Waals surface area contributed by atoms with E-state index in [1.165, 1.54) is 11.8 Å². The topological polar surface area (TPSA) is 71.4 Å². The second-order valence-corrected chi connectivity index (χ2v) is 7.93. The van der Waals surface area contributed by atoms with Crippen LogP contribution in [0.15, 0.2) is 34.6 Å². The zero-order valence-corrected chi connectivity index (χ0v) is 15.2. The molecule has 1 aliphatic rings. The summed E-state index contributed by atoms with van der Waals surface area (Å²) in [5.74, 6) is -0.491. The van der Waals surface area contributed by atoms with Gasteiger partial charge >= 0.3 is 0 Å². The van der Waals surface area contributed by atoms with Crippen molar-refractivity contribution in [2.75, 3.05) is 5.32 Å². The third-order valence-corrected chi connectivity index (χ3v) is 5.60. The number of nitrogens with zero attached hydrogens (tertiary/aromatic N) is 2. The number of carbonyl (C=O) groups is 2. The van der Waals surface area contributed by atoms with Crippen molar-refractivity contribution in [1.82, 2.24) is 4.98 Å². The van der Waals surface area contributed by atoms with Gasteiger partial charge in [0.25, 0.3) is 5.91 Å². The van der Waals surface area contributed by atoms with Crippen LogP contribution in [-0.4, -0.2) is 27.1 Å². The molecule has 3 rings (SSSR count). The van der Waals surface area contributed by atoms with Gasteiger partial charge in [0, 0.05) is 34.6 Å². The van der Waals surface area contributed by atoms with Crippen molar-refractivity contribution < 1.29 is 9.59 Å². The predicted octanol–water partition coefficient (Wildman–Crippen LogP) is 3.72. The van der Waals surface area contributed by atoms with E-state index in [1.807, 2.05) is 12.3 Å². The molecule has 0 aliphatic carbocycles. The second kappa shape index (κ2) is 7.46. The SMILES string of the molecule is Cc1csc(CC2=NC(=O)[C@@H](CC(=O)Nc3cccc(Cl)c3)S2)n1. The standard InChI is InChI=1S/C16H14ClN3O2S2/c1-9-8-23-14(18-9)7-15-20-16(22)12(24-15)6-13(21)19-11-4-2-3-10(17)5-11/h2-5,8,12H,6-7H2,1H3,(H,19,21)/t12-/m1/s1. The van der Waals surface area contributed by atoms with Crippen LogP contribution >= 0.6 is 34.7 Å². The fraction of sp³-hybridized carbons (Fsp3) is 0.250. The highest BCUT2D eigenvalue weighted by Gasteiger charge is 2.30. The highest BCUT2D eigenvalue weighted by molar-refractivity contribution is 8.15. The first-order valence-electron chi connectivity index (χ1n) is 7.24. The Labute approximate surface area is 152 Å². The number of hydrogen-bond acceptors (Lipinski definition) is 5. The van der Waals surface area contributed by atoms with Crippen LogP contribution in [0.5, 0.6) is 0 Å². The predicted molar refractivity (Wildman–Crippen MR) is 99.1 cm³/mol. The number of benzene rings is 1. The lowest BCUT2D eigenvalue weighted by molar-refractivity contribution is -0.121. The van der Waals surface area contributed by atoms with E-state index in [0.717, 1.165) is 15.7 Å². The maximum atomic E-state index is 12.1. The lowest BCUT2D eigenvalue weighted by Crippen LogP contribution is -2.21. The fourth-order valence-corrected chi connectivity index (χ4v) is 4.34. The molecule has 2 heterocycles. The molecule has 1 aliphatic heterocycles. The van der Waals surface area contributed by atoms with E-state index in [1.54, 1.807) is 35.6 Å². The highest BCUT2D eigenvalue weighted by Crippen LogP contribution is 2.28. The number of rotatable bonds is 5. The Morgan fingerprint density at radius 3 is 2.96 bits per heavy atom. The third-order valence-electron chi connectivity index (χ3n) is 3.24. The van der Waals surface area contributed by atoms with Crippen LogP contribution in [0.25, 0.3) is 0 Å². The van der Waals surface area contributed by atoms with Gasteiger partial charge in [0.15, 0.2) is 0 Å². The van der Waals surface area contributed by atoms with Crippen molar-refractivity contribution in [3.05, 3.63) is 45.4 Å². The van der Waals surface area contributed by atoms with Gasteiger partial charge in [-0.2, -0.15) is 0 Å². The second-order valence-electron chi connectivity index (χ2n) is 5.27. The minimum absolute atomic E-state index is 0.0832. The van der Waals surface area contributed by atoms with Crippen LogP contribution in [0.2, 0.25) is 5.02 Å². The van der Waals surface area contributed by atoms with Crippen molar-refractivity contribution in [2.45, 2.75) is 25.0 Å². The Bertz CT molecular complexity index is 819. The molecular formula is C16H14ClN3O2S2. The highest BCUT2D eigenvalue weighted by atomic mass is 35.5. The maximum absolute atomic E-state index is 12.1. The first kappa shape index (κ1) is 17.1. The Morgan fingerprint density at radius 1 is 1.42 bits per heavy atom. The van der Waals surface area contributed by atoms with E-state index in [0.29, 0.717) is 17.1 Å². The lowest BCUT2D eigenvalue weighted by Gasteiger charge is -2.08. The summed E-state index contributed by atoms with van der Waals surface area (Å²) >= 11 is 8.78. The summed E-state index contributed by atoms with van der Waals surface area (Å²) in [5.41, 5.74) is 1.57. The van der Waals surface area contributed by atoms with Crippen molar-refractivity contribution in [3.63, 3.8) is 0 Å². The van der Waals surface area contributed by atoms with Crippen molar-refractivity contribution in [3.8, 4) is 0 Å². The molecular weight excluding hydrogens is 366 g/mol. The Morgan fingerprint density at radius 2 is 2.25 bits per heavy atom. The first-order chi connectivity index (χ1) is 11.5. The smallest absolute Gasteiger partial charge is 0.260 e. The molecule has 0 unspecified atom stereocenters. The summed E-state index contributed by atoms with van der Waals surface area (Å²) in [5, 5.41) is 6.43. The van der Waals surface area contributed by atoms with Gasteiger partial charge in [-0.15, -0.1) is 11.3 Å². The molecule has 0 saturated carbocycles. The molecule has 5 nitrogen and oxygen atoms in total. The van der Waals surface area contributed by atoms with Gasteiger partial charge in [0.1, 0.15) is 5.25 Å².